The number of hydrogen-bond donors (Lipinski definition) is 2. The number of hydrazone groups is 1. The van der Waals surface area contributed by atoms with E-state index in [9.17, 15) is 0 Å². The first-order valence-corrected chi connectivity index (χ1v) is 6.99. The van der Waals surface area contributed by atoms with Crippen LogP contribution in [0.3, 0.4) is 0 Å². The zero-order chi connectivity index (χ0) is 13.2. The maximum atomic E-state index is 5.51. The fraction of sp³-hybridized carbons (Fsp3) is 0.0909. The largest absolute Gasteiger partial charge is 0.454 e. The van der Waals surface area contributed by atoms with Crippen molar-refractivity contribution in [2.75, 3.05) is 18.0 Å². The lowest BCUT2D eigenvalue weighted by Crippen LogP contribution is -1.93. The van der Waals surface area contributed by atoms with Crippen molar-refractivity contribution in [3.05, 3.63) is 27.5 Å². The van der Waals surface area contributed by atoms with Gasteiger partial charge in [0.1, 0.15) is 5.82 Å². The molecule has 3 N–H and O–H groups in total. The van der Waals surface area contributed by atoms with Gasteiger partial charge in [0, 0.05) is 5.38 Å². The highest BCUT2D eigenvalue weighted by Gasteiger charge is 2.17. The van der Waals surface area contributed by atoms with E-state index in [4.69, 9.17) is 15.2 Å². The van der Waals surface area contributed by atoms with Gasteiger partial charge in [0.25, 0.3) is 0 Å². The summed E-state index contributed by atoms with van der Waals surface area (Å²) in [7, 11) is 0. The van der Waals surface area contributed by atoms with E-state index < -0.39 is 0 Å². The summed E-state index contributed by atoms with van der Waals surface area (Å²) in [5.41, 5.74) is 9.21. The Bertz CT molecular complexity index is 644. The van der Waals surface area contributed by atoms with E-state index in [0.717, 1.165) is 15.8 Å². The Kier molecular flexibility index (Phi) is 3.26. The Balaban J connectivity index is 1.75. The summed E-state index contributed by atoms with van der Waals surface area (Å²) in [6.45, 7) is 0.241. The van der Waals surface area contributed by atoms with Crippen LogP contribution >= 0.6 is 27.3 Å². The lowest BCUT2D eigenvalue weighted by atomic mass is 10.2. The molecule has 0 unspecified atom stereocenters. The summed E-state index contributed by atoms with van der Waals surface area (Å²) < 4.78 is 11.5. The van der Waals surface area contributed by atoms with Crippen LogP contribution in [0.2, 0.25) is 0 Å². The number of fused-ring (bicyclic) bond motifs is 1. The van der Waals surface area contributed by atoms with Crippen molar-refractivity contribution in [1.82, 2.24) is 4.98 Å². The monoisotopic (exact) mass is 340 g/mol. The van der Waals surface area contributed by atoms with E-state index in [0.29, 0.717) is 16.7 Å². The van der Waals surface area contributed by atoms with E-state index in [-0.39, 0.29) is 6.79 Å². The molecular weight excluding hydrogens is 332 g/mol. The second-order valence-corrected chi connectivity index (χ2v) is 5.40. The van der Waals surface area contributed by atoms with Gasteiger partial charge >= 0.3 is 0 Å². The van der Waals surface area contributed by atoms with Gasteiger partial charge < -0.3 is 15.2 Å². The fourth-order valence-electron chi connectivity index (χ4n) is 1.56. The molecule has 3 rings (SSSR count). The molecule has 0 saturated carbocycles. The van der Waals surface area contributed by atoms with Crippen molar-refractivity contribution >= 4 is 44.4 Å². The standard InChI is InChI=1S/C11H9BrN4O2S/c12-7-1-6(2-8-10(7)18-5-17-8)3-14-16-11-15-9(13)4-19-11/h1-4H,5,13H2,(H,15,16). The molecule has 1 aromatic carbocycles. The molecule has 0 amide bonds. The van der Waals surface area contributed by atoms with Crippen molar-refractivity contribution < 1.29 is 9.47 Å². The van der Waals surface area contributed by atoms with E-state index in [1.54, 1.807) is 11.6 Å². The van der Waals surface area contributed by atoms with Gasteiger partial charge in [0.2, 0.25) is 11.9 Å². The van der Waals surface area contributed by atoms with Crippen molar-refractivity contribution in [1.29, 1.82) is 0 Å². The number of anilines is 2. The van der Waals surface area contributed by atoms with Gasteiger partial charge in [-0.15, -0.1) is 11.3 Å². The maximum Gasteiger partial charge on any atom is 0.231 e. The molecule has 6 nitrogen and oxygen atoms in total. The smallest absolute Gasteiger partial charge is 0.231 e. The van der Waals surface area contributed by atoms with E-state index >= 15 is 0 Å². The first kappa shape index (κ1) is 12.2. The number of rotatable bonds is 3. The molecule has 19 heavy (non-hydrogen) atoms. The molecule has 8 heteroatoms. The van der Waals surface area contributed by atoms with Gasteiger partial charge in [-0.3, -0.25) is 5.43 Å². The fourth-order valence-corrected chi connectivity index (χ4v) is 2.68. The highest BCUT2D eigenvalue weighted by atomic mass is 79.9. The zero-order valence-electron chi connectivity index (χ0n) is 9.59. The zero-order valence-corrected chi connectivity index (χ0v) is 12.0. The summed E-state index contributed by atoms with van der Waals surface area (Å²) in [5.74, 6) is 1.90. The van der Waals surface area contributed by atoms with Gasteiger partial charge in [-0.2, -0.15) is 5.10 Å². The van der Waals surface area contributed by atoms with Gasteiger partial charge in [0.15, 0.2) is 11.5 Å². The van der Waals surface area contributed by atoms with Crippen LogP contribution in [0.1, 0.15) is 5.56 Å². The molecule has 2 heterocycles. The van der Waals surface area contributed by atoms with Crippen LogP contribution in [0.5, 0.6) is 11.5 Å². The number of nitrogens with zero attached hydrogens (tertiary/aromatic N) is 2. The number of aromatic nitrogens is 1. The molecule has 0 spiro atoms. The van der Waals surface area contributed by atoms with Crippen LogP contribution in [0, 0.1) is 0 Å². The van der Waals surface area contributed by atoms with Gasteiger partial charge in [-0.1, -0.05) is 0 Å². The van der Waals surface area contributed by atoms with E-state index in [1.165, 1.54) is 11.3 Å². The van der Waals surface area contributed by atoms with Crippen LogP contribution in [0.25, 0.3) is 0 Å². The van der Waals surface area contributed by atoms with Gasteiger partial charge in [0.05, 0.1) is 10.7 Å². The topological polar surface area (TPSA) is 81.8 Å². The van der Waals surface area contributed by atoms with Crippen molar-refractivity contribution in [2.45, 2.75) is 0 Å². The van der Waals surface area contributed by atoms with E-state index in [2.05, 4.69) is 31.4 Å². The third-order valence-electron chi connectivity index (χ3n) is 2.35. The first-order chi connectivity index (χ1) is 9.22. The number of benzene rings is 1. The maximum absolute atomic E-state index is 5.51. The predicted molar refractivity (Wildman–Crippen MR) is 78.0 cm³/mol. The van der Waals surface area contributed by atoms with Crippen LogP contribution in [0.4, 0.5) is 10.9 Å². The highest BCUT2D eigenvalue weighted by Crippen LogP contribution is 2.39. The van der Waals surface area contributed by atoms with Crippen molar-refractivity contribution in [2.24, 2.45) is 5.10 Å². The third kappa shape index (κ3) is 2.64. The molecule has 0 aliphatic carbocycles. The highest BCUT2D eigenvalue weighted by molar-refractivity contribution is 9.10. The first-order valence-electron chi connectivity index (χ1n) is 5.31. The molecule has 0 saturated heterocycles. The number of nitrogens with two attached hydrogens (primary N) is 1. The third-order valence-corrected chi connectivity index (χ3v) is 3.70. The van der Waals surface area contributed by atoms with Gasteiger partial charge in [-0.25, -0.2) is 4.98 Å². The molecule has 98 valence electrons. The molecule has 1 aliphatic heterocycles. The van der Waals surface area contributed by atoms with Gasteiger partial charge in [-0.05, 0) is 33.6 Å². The van der Waals surface area contributed by atoms with Crippen LogP contribution in [-0.2, 0) is 0 Å². The Hall–Kier alpha value is -1.80. The minimum Gasteiger partial charge on any atom is -0.454 e. The molecule has 0 bridgehead atoms. The molecule has 0 radical (unpaired) electrons. The molecule has 1 aromatic heterocycles. The summed E-state index contributed by atoms with van der Waals surface area (Å²) in [5, 5.41) is 6.48. The van der Waals surface area contributed by atoms with Crippen LogP contribution in [0.15, 0.2) is 27.1 Å². The lowest BCUT2D eigenvalue weighted by Gasteiger charge is -2.01. The molecule has 1 aliphatic rings. The minimum atomic E-state index is 0.241. The predicted octanol–water partition coefficient (Wildman–Crippen LogP) is 2.66. The summed E-state index contributed by atoms with van der Waals surface area (Å²) in [6, 6.07) is 3.75. The molecule has 0 atom stereocenters. The second-order valence-electron chi connectivity index (χ2n) is 3.68. The second kappa shape index (κ2) is 5.06. The summed E-state index contributed by atoms with van der Waals surface area (Å²) >= 11 is 4.82. The number of nitrogens with one attached hydrogen (secondary N) is 1. The molecule has 0 fully saturated rings. The number of hydrogen-bond acceptors (Lipinski definition) is 7. The van der Waals surface area contributed by atoms with Crippen molar-refractivity contribution in [3.63, 3.8) is 0 Å². The quantitative estimate of drug-likeness (QED) is 0.663. The Morgan fingerprint density at radius 3 is 3.16 bits per heavy atom. The Morgan fingerprint density at radius 2 is 2.37 bits per heavy atom. The summed E-state index contributed by atoms with van der Waals surface area (Å²) in [6.07, 6.45) is 1.67. The average molecular weight is 341 g/mol. The van der Waals surface area contributed by atoms with Crippen LogP contribution < -0.4 is 20.6 Å². The SMILES string of the molecule is Nc1csc(NN=Cc2cc(Br)c3c(c2)OCO3)n1. The summed E-state index contributed by atoms with van der Waals surface area (Å²) in [4.78, 5) is 4.03. The molecular formula is C11H9BrN4O2S. The molecule has 2 aromatic rings. The Morgan fingerprint density at radius 1 is 1.47 bits per heavy atom. The lowest BCUT2D eigenvalue weighted by molar-refractivity contribution is 0.173. The number of nitrogen functional groups attached to an aromatic ring is 1. The minimum absolute atomic E-state index is 0.241. The van der Waals surface area contributed by atoms with E-state index in [1.807, 2.05) is 12.1 Å². The van der Waals surface area contributed by atoms with Crippen molar-refractivity contribution in [3.8, 4) is 11.5 Å². The number of ether oxygens (including phenoxy) is 2. The average Bonchev–Trinajstić information content (AvgIpc) is 2.98. The van der Waals surface area contributed by atoms with Crippen LogP contribution in [-0.4, -0.2) is 18.0 Å². The number of thiazole rings is 1. The normalized spacial score (nSPS) is 13.1. The number of halogens is 1. The Labute approximate surface area is 121 Å².